The maximum Gasteiger partial charge on any atom is 0.573 e. The summed E-state index contributed by atoms with van der Waals surface area (Å²) in [5, 5.41) is 0. The molecule has 5 heteroatoms. The lowest BCUT2D eigenvalue weighted by Crippen LogP contribution is -2.17. The molecule has 94 valence electrons. The SMILES string of the molecule is FC(F)(F)Oc1ccc(-c2ccccc2)c(Br)c1. The normalized spacial score (nSPS) is 11.3. The van der Waals surface area contributed by atoms with Crippen molar-refractivity contribution in [1.82, 2.24) is 0 Å². The van der Waals surface area contributed by atoms with Crippen LogP contribution in [-0.4, -0.2) is 6.36 Å². The predicted octanol–water partition coefficient (Wildman–Crippen LogP) is 5.01. The topological polar surface area (TPSA) is 9.23 Å². The van der Waals surface area contributed by atoms with Gasteiger partial charge in [0.25, 0.3) is 0 Å². The first-order valence-electron chi connectivity index (χ1n) is 5.06. The van der Waals surface area contributed by atoms with Gasteiger partial charge in [-0.25, -0.2) is 0 Å². The predicted molar refractivity (Wildman–Crippen MR) is 66.3 cm³/mol. The molecule has 0 amide bonds. The van der Waals surface area contributed by atoms with Crippen molar-refractivity contribution in [3.8, 4) is 16.9 Å². The van der Waals surface area contributed by atoms with Gasteiger partial charge in [0.2, 0.25) is 0 Å². The molecule has 2 aromatic carbocycles. The van der Waals surface area contributed by atoms with Crippen LogP contribution in [0.1, 0.15) is 0 Å². The van der Waals surface area contributed by atoms with Crippen molar-refractivity contribution in [3.05, 3.63) is 53.0 Å². The van der Waals surface area contributed by atoms with Crippen LogP contribution in [0.15, 0.2) is 53.0 Å². The highest BCUT2D eigenvalue weighted by molar-refractivity contribution is 9.10. The van der Waals surface area contributed by atoms with Gasteiger partial charge in [-0.1, -0.05) is 46.3 Å². The fourth-order valence-corrected chi connectivity index (χ4v) is 2.13. The Morgan fingerprint density at radius 2 is 1.61 bits per heavy atom. The number of ether oxygens (including phenoxy) is 1. The van der Waals surface area contributed by atoms with E-state index < -0.39 is 6.36 Å². The Balaban J connectivity index is 2.32. The average molecular weight is 317 g/mol. The van der Waals surface area contributed by atoms with Crippen molar-refractivity contribution >= 4 is 15.9 Å². The smallest absolute Gasteiger partial charge is 0.406 e. The molecule has 0 bridgehead atoms. The van der Waals surface area contributed by atoms with E-state index in [1.165, 1.54) is 12.1 Å². The van der Waals surface area contributed by atoms with Gasteiger partial charge in [0.1, 0.15) is 5.75 Å². The minimum Gasteiger partial charge on any atom is -0.406 e. The van der Waals surface area contributed by atoms with E-state index in [4.69, 9.17) is 0 Å². The van der Waals surface area contributed by atoms with E-state index >= 15 is 0 Å². The van der Waals surface area contributed by atoms with Gasteiger partial charge in [-0.15, -0.1) is 13.2 Å². The summed E-state index contributed by atoms with van der Waals surface area (Å²) in [7, 11) is 0. The fourth-order valence-electron chi connectivity index (χ4n) is 1.54. The van der Waals surface area contributed by atoms with Crippen LogP contribution in [0.5, 0.6) is 5.75 Å². The number of hydrogen-bond donors (Lipinski definition) is 0. The molecule has 0 atom stereocenters. The Morgan fingerprint density at radius 3 is 2.17 bits per heavy atom. The summed E-state index contributed by atoms with van der Waals surface area (Å²) in [6.07, 6.45) is -4.67. The first-order valence-corrected chi connectivity index (χ1v) is 5.86. The van der Waals surface area contributed by atoms with Crippen molar-refractivity contribution in [2.24, 2.45) is 0 Å². The largest absolute Gasteiger partial charge is 0.573 e. The minimum absolute atomic E-state index is 0.242. The zero-order valence-electron chi connectivity index (χ0n) is 9.04. The molecule has 0 aliphatic carbocycles. The molecule has 0 heterocycles. The first-order chi connectivity index (χ1) is 8.46. The van der Waals surface area contributed by atoms with Gasteiger partial charge < -0.3 is 4.74 Å². The molecule has 18 heavy (non-hydrogen) atoms. The monoisotopic (exact) mass is 316 g/mol. The maximum absolute atomic E-state index is 12.1. The first kappa shape index (κ1) is 13.0. The Kier molecular flexibility index (Phi) is 3.61. The Bertz CT molecular complexity index is 538. The van der Waals surface area contributed by atoms with Crippen molar-refractivity contribution in [2.75, 3.05) is 0 Å². The Hall–Kier alpha value is -1.49. The highest BCUT2D eigenvalue weighted by Gasteiger charge is 2.31. The quantitative estimate of drug-likeness (QED) is 0.756. The van der Waals surface area contributed by atoms with Crippen LogP contribution in [0.2, 0.25) is 0 Å². The van der Waals surface area contributed by atoms with E-state index in [1.807, 2.05) is 30.3 Å². The highest BCUT2D eigenvalue weighted by atomic mass is 79.9. The zero-order chi connectivity index (χ0) is 13.2. The maximum atomic E-state index is 12.1. The molecular weight excluding hydrogens is 309 g/mol. The van der Waals surface area contributed by atoms with E-state index in [1.54, 1.807) is 6.07 Å². The second kappa shape index (κ2) is 5.02. The molecule has 2 rings (SSSR count). The summed E-state index contributed by atoms with van der Waals surface area (Å²) in [6.45, 7) is 0. The molecule has 0 N–H and O–H groups in total. The average Bonchev–Trinajstić information content (AvgIpc) is 2.28. The van der Waals surface area contributed by atoms with E-state index in [0.717, 1.165) is 11.1 Å². The molecule has 0 spiro atoms. The Labute approximate surface area is 110 Å². The van der Waals surface area contributed by atoms with Crippen LogP contribution in [0.4, 0.5) is 13.2 Å². The summed E-state index contributed by atoms with van der Waals surface area (Å²) < 4.78 is 40.6. The van der Waals surface area contributed by atoms with Gasteiger partial charge in [0, 0.05) is 4.47 Å². The van der Waals surface area contributed by atoms with Crippen molar-refractivity contribution in [1.29, 1.82) is 0 Å². The van der Waals surface area contributed by atoms with E-state index in [9.17, 15) is 13.2 Å². The standard InChI is InChI=1S/C13H8BrF3O/c14-12-8-10(18-13(15,16)17)6-7-11(12)9-4-2-1-3-5-9/h1-8H. The number of benzene rings is 2. The molecule has 0 radical (unpaired) electrons. The highest BCUT2D eigenvalue weighted by Crippen LogP contribution is 2.33. The number of alkyl halides is 3. The van der Waals surface area contributed by atoms with Gasteiger partial charge in [-0.3, -0.25) is 0 Å². The van der Waals surface area contributed by atoms with Crippen molar-refractivity contribution in [2.45, 2.75) is 6.36 Å². The van der Waals surface area contributed by atoms with Gasteiger partial charge in [-0.2, -0.15) is 0 Å². The van der Waals surface area contributed by atoms with Crippen LogP contribution < -0.4 is 4.74 Å². The summed E-state index contributed by atoms with van der Waals surface area (Å²) in [5.74, 6) is -0.242. The van der Waals surface area contributed by atoms with Gasteiger partial charge in [0.05, 0.1) is 0 Å². The minimum atomic E-state index is -4.67. The molecule has 0 saturated carbocycles. The number of rotatable bonds is 2. The van der Waals surface area contributed by atoms with Crippen LogP contribution in [-0.2, 0) is 0 Å². The fraction of sp³-hybridized carbons (Fsp3) is 0.0769. The lowest BCUT2D eigenvalue weighted by molar-refractivity contribution is -0.274. The molecule has 0 aromatic heterocycles. The molecule has 1 nitrogen and oxygen atoms in total. The molecule has 0 aliphatic heterocycles. The molecule has 0 aliphatic rings. The van der Waals surface area contributed by atoms with E-state index in [-0.39, 0.29) is 5.75 Å². The summed E-state index contributed by atoms with van der Waals surface area (Å²) in [4.78, 5) is 0. The van der Waals surface area contributed by atoms with Crippen LogP contribution in [0.3, 0.4) is 0 Å². The lowest BCUT2D eigenvalue weighted by Gasteiger charge is -2.11. The van der Waals surface area contributed by atoms with Crippen LogP contribution in [0.25, 0.3) is 11.1 Å². The van der Waals surface area contributed by atoms with Crippen molar-refractivity contribution in [3.63, 3.8) is 0 Å². The third kappa shape index (κ3) is 3.26. The van der Waals surface area contributed by atoms with Crippen LogP contribution >= 0.6 is 15.9 Å². The molecule has 0 saturated heterocycles. The zero-order valence-corrected chi connectivity index (χ0v) is 10.6. The summed E-state index contributed by atoms with van der Waals surface area (Å²) in [5.41, 5.74) is 1.73. The molecule has 2 aromatic rings. The number of halogens is 4. The van der Waals surface area contributed by atoms with E-state index in [2.05, 4.69) is 20.7 Å². The second-order valence-corrected chi connectivity index (χ2v) is 4.41. The number of hydrogen-bond acceptors (Lipinski definition) is 1. The van der Waals surface area contributed by atoms with Gasteiger partial charge >= 0.3 is 6.36 Å². The van der Waals surface area contributed by atoms with Gasteiger partial charge in [0.15, 0.2) is 0 Å². The van der Waals surface area contributed by atoms with Gasteiger partial charge in [-0.05, 0) is 29.3 Å². The molecule has 0 unspecified atom stereocenters. The Morgan fingerprint density at radius 1 is 0.944 bits per heavy atom. The third-order valence-corrected chi connectivity index (χ3v) is 2.92. The summed E-state index contributed by atoms with van der Waals surface area (Å²) in [6, 6.07) is 13.5. The van der Waals surface area contributed by atoms with Crippen LogP contribution in [0, 0.1) is 0 Å². The van der Waals surface area contributed by atoms with Crippen molar-refractivity contribution < 1.29 is 17.9 Å². The summed E-state index contributed by atoms with van der Waals surface area (Å²) >= 11 is 3.24. The lowest BCUT2D eigenvalue weighted by atomic mass is 10.1. The molecular formula is C13H8BrF3O. The van der Waals surface area contributed by atoms with E-state index in [0.29, 0.717) is 4.47 Å². The third-order valence-electron chi connectivity index (χ3n) is 2.26. The molecule has 0 fully saturated rings. The second-order valence-electron chi connectivity index (χ2n) is 3.56.